The molecule has 0 amide bonds. The van der Waals surface area contributed by atoms with Crippen LogP contribution in [0.15, 0.2) is 71.6 Å². The van der Waals surface area contributed by atoms with Gasteiger partial charge in [0, 0.05) is 79.8 Å². The van der Waals surface area contributed by atoms with Gasteiger partial charge in [-0.3, -0.25) is 9.58 Å². The summed E-state index contributed by atoms with van der Waals surface area (Å²) in [7, 11) is 0.963. The highest BCUT2D eigenvalue weighted by molar-refractivity contribution is 9.10. The van der Waals surface area contributed by atoms with Gasteiger partial charge >= 0.3 is 0 Å². The van der Waals surface area contributed by atoms with Crippen LogP contribution in [0.25, 0.3) is 21.9 Å². The normalized spacial score (nSPS) is 16.2. The zero-order valence-corrected chi connectivity index (χ0v) is 30.9. The van der Waals surface area contributed by atoms with E-state index >= 15 is 0 Å². The number of rotatable bonds is 9. The van der Waals surface area contributed by atoms with Crippen LogP contribution in [0.2, 0.25) is 0 Å². The number of nitrogens with zero attached hydrogens (tertiary/aromatic N) is 6. The first kappa shape index (κ1) is 33.5. The van der Waals surface area contributed by atoms with Gasteiger partial charge in [-0.1, -0.05) is 30.3 Å². The zero-order chi connectivity index (χ0) is 34.1. The summed E-state index contributed by atoms with van der Waals surface area (Å²) < 4.78 is 22.0. The van der Waals surface area contributed by atoms with Gasteiger partial charge in [0.25, 0.3) is 0 Å². The predicted molar refractivity (Wildman–Crippen MR) is 204 cm³/mol. The smallest absolute Gasteiger partial charge is 0.229 e. The molecule has 256 valence electrons. The van der Waals surface area contributed by atoms with Gasteiger partial charge in [0.2, 0.25) is 5.95 Å². The number of aryl methyl sites for hydroxylation is 1. The molecule has 7 rings (SSSR count). The lowest BCUT2D eigenvalue weighted by atomic mass is 10.0. The van der Waals surface area contributed by atoms with E-state index < -0.39 is 7.14 Å². The van der Waals surface area contributed by atoms with Gasteiger partial charge in [0.1, 0.15) is 18.7 Å². The molecule has 0 bridgehead atoms. The Kier molecular flexibility index (Phi) is 9.66. The van der Waals surface area contributed by atoms with Crippen LogP contribution in [0.1, 0.15) is 12.8 Å². The fraction of sp³-hybridized carbons (Fsp3) is 0.361. The van der Waals surface area contributed by atoms with E-state index in [-0.39, 0.29) is 0 Å². The summed E-state index contributed by atoms with van der Waals surface area (Å²) in [5.74, 6) is 1.64. The molecule has 0 unspecified atom stereocenters. The molecule has 2 aliphatic rings. The highest BCUT2D eigenvalue weighted by Crippen LogP contribution is 2.43. The zero-order valence-electron chi connectivity index (χ0n) is 28.4. The molecular formula is C36H43BrN9O2P. The number of halogens is 1. The highest BCUT2D eigenvalue weighted by Gasteiger charge is 2.28. The predicted octanol–water partition coefficient (Wildman–Crippen LogP) is 6.41. The lowest BCUT2D eigenvalue weighted by Crippen LogP contribution is -2.52. The number of aromatic nitrogens is 4. The summed E-state index contributed by atoms with van der Waals surface area (Å²) in [4.78, 5) is 14.6. The number of piperidine rings is 1. The van der Waals surface area contributed by atoms with Crippen molar-refractivity contribution in [3.05, 3.63) is 71.6 Å². The minimum atomic E-state index is -2.66. The molecule has 49 heavy (non-hydrogen) atoms. The summed E-state index contributed by atoms with van der Waals surface area (Å²) in [5, 5.41) is 17.6. The van der Waals surface area contributed by atoms with E-state index in [1.807, 2.05) is 60.5 Å². The summed E-state index contributed by atoms with van der Waals surface area (Å²) in [6.07, 6.45) is 8.08. The minimum absolute atomic E-state index is 0.392. The van der Waals surface area contributed by atoms with Crippen LogP contribution >= 0.6 is 23.1 Å². The van der Waals surface area contributed by atoms with Crippen LogP contribution in [-0.4, -0.2) is 90.4 Å². The molecule has 0 spiro atoms. The Morgan fingerprint density at radius 1 is 0.980 bits per heavy atom. The molecule has 2 aliphatic heterocycles. The molecule has 4 heterocycles. The molecule has 0 radical (unpaired) electrons. The van der Waals surface area contributed by atoms with E-state index in [2.05, 4.69) is 63.9 Å². The average molecular weight is 745 g/mol. The van der Waals surface area contributed by atoms with Gasteiger partial charge < -0.3 is 30.2 Å². The molecule has 0 saturated carbocycles. The first-order valence-corrected chi connectivity index (χ1v) is 20.1. The third-order valence-electron chi connectivity index (χ3n) is 9.50. The molecule has 5 aromatic rings. The second kappa shape index (κ2) is 14.1. The van der Waals surface area contributed by atoms with Crippen molar-refractivity contribution in [2.45, 2.75) is 18.9 Å². The lowest BCUT2D eigenvalue weighted by molar-refractivity contribution is 0.153. The second-order valence-corrected chi connectivity index (χ2v) is 17.2. The number of hydrogen-bond donors (Lipinski definition) is 3. The van der Waals surface area contributed by atoms with E-state index in [0.29, 0.717) is 28.0 Å². The fourth-order valence-corrected chi connectivity index (χ4v) is 8.87. The van der Waals surface area contributed by atoms with E-state index in [4.69, 9.17) is 9.72 Å². The van der Waals surface area contributed by atoms with Gasteiger partial charge in [-0.05, 0) is 78.1 Å². The average Bonchev–Trinajstić information content (AvgIpc) is 3.55. The first-order valence-electron chi connectivity index (χ1n) is 16.7. The molecule has 0 atom stereocenters. The SMILES string of the molecule is COc1cc(N2CCN(C3CCNCC3)CC2)c(-c2cnn(C)c2)cc1Nc1ncc(Br)c(Nc2ccc3ccccc3c2P(C)(C)=O)n1. The molecule has 2 aromatic heterocycles. The van der Waals surface area contributed by atoms with Crippen molar-refractivity contribution in [1.82, 2.24) is 30.0 Å². The minimum Gasteiger partial charge on any atom is -0.494 e. The number of fused-ring (bicyclic) bond motifs is 1. The topological polar surface area (TPSA) is 112 Å². The summed E-state index contributed by atoms with van der Waals surface area (Å²) >= 11 is 3.62. The monoisotopic (exact) mass is 743 g/mol. The van der Waals surface area contributed by atoms with Gasteiger partial charge in [-0.2, -0.15) is 10.1 Å². The molecule has 2 fully saturated rings. The summed E-state index contributed by atoms with van der Waals surface area (Å²) in [6.45, 7) is 9.75. The number of nitrogens with one attached hydrogen (secondary N) is 3. The summed E-state index contributed by atoms with van der Waals surface area (Å²) in [5.41, 5.74) is 4.69. The molecule has 11 nitrogen and oxygen atoms in total. The van der Waals surface area contributed by atoms with Crippen molar-refractivity contribution in [3.8, 4) is 16.9 Å². The molecule has 0 aliphatic carbocycles. The maximum atomic E-state index is 13.6. The van der Waals surface area contributed by atoms with Gasteiger partial charge in [0.05, 0.1) is 29.2 Å². The second-order valence-electron chi connectivity index (χ2n) is 13.2. The highest BCUT2D eigenvalue weighted by atomic mass is 79.9. The van der Waals surface area contributed by atoms with Crippen LogP contribution in [0, 0.1) is 0 Å². The number of piperazine rings is 1. The molecule has 3 N–H and O–H groups in total. The van der Waals surface area contributed by atoms with Crippen LogP contribution < -0.4 is 30.9 Å². The number of hydrogen-bond acceptors (Lipinski definition) is 10. The Bertz CT molecular complexity index is 2020. The van der Waals surface area contributed by atoms with Crippen molar-refractivity contribution < 1.29 is 9.30 Å². The molecule has 2 saturated heterocycles. The summed E-state index contributed by atoms with van der Waals surface area (Å²) in [6, 6.07) is 16.9. The maximum Gasteiger partial charge on any atom is 0.229 e. The van der Waals surface area contributed by atoms with Crippen LogP contribution in [0.3, 0.4) is 0 Å². The van der Waals surface area contributed by atoms with Crippen LogP contribution in [-0.2, 0) is 11.6 Å². The first-order chi connectivity index (χ1) is 23.7. The Hall–Kier alpha value is -3.96. The van der Waals surface area contributed by atoms with Gasteiger partial charge in [-0.15, -0.1) is 0 Å². The number of benzene rings is 3. The van der Waals surface area contributed by atoms with E-state index in [0.717, 1.165) is 83.5 Å². The van der Waals surface area contributed by atoms with Crippen molar-refractivity contribution in [2.24, 2.45) is 7.05 Å². The molecule has 13 heteroatoms. The largest absolute Gasteiger partial charge is 0.494 e. The van der Waals surface area contributed by atoms with E-state index in [1.165, 1.54) is 12.8 Å². The Morgan fingerprint density at radius 3 is 2.47 bits per heavy atom. The van der Waals surface area contributed by atoms with Crippen LogP contribution in [0.4, 0.5) is 28.8 Å². The Balaban J connectivity index is 1.20. The van der Waals surface area contributed by atoms with Gasteiger partial charge in [-0.25, -0.2) is 4.98 Å². The third kappa shape index (κ3) is 7.19. The van der Waals surface area contributed by atoms with Crippen molar-refractivity contribution >= 4 is 68.0 Å². The number of anilines is 5. The number of ether oxygens (including phenoxy) is 1. The standard InChI is InChI=1S/C36H43BrN9O2P/c1-44-23-25(21-40-44)28-19-31(33(48-2)20-32(28)46-17-15-45(16-18-46)26-11-13-38-14-12-26)42-36-39-22-29(37)35(43-36)41-30-10-9-24-7-5-6-8-27(24)34(30)49(3,4)47/h5-10,19-23,26,38H,11-18H2,1-4H3,(H2,39,41,42,43). The van der Waals surface area contributed by atoms with Crippen molar-refractivity contribution in [3.63, 3.8) is 0 Å². The van der Waals surface area contributed by atoms with Crippen molar-refractivity contribution in [2.75, 3.05) is 75.2 Å². The Labute approximate surface area is 296 Å². The van der Waals surface area contributed by atoms with E-state index in [9.17, 15) is 4.57 Å². The maximum absolute atomic E-state index is 13.6. The third-order valence-corrected chi connectivity index (χ3v) is 11.6. The molecule has 3 aromatic carbocycles. The van der Waals surface area contributed by atoms with Gasteiger partial charge in [0.15, 0.2) is 0 Å². The van der Waals surface area contributed by atoms with E-state index in [1.54, 1.807) is 26.6 Å². The Morgan fingerprint density at radius 2 is 1.76 bits per heavy atom. The lowest BCUT2D eigenvalue weighted by Gasteiger charge is -2.42. The number of methoxy groups -OCH3 is 1. The molecular weight excluding hydrogens is 701 g/mol. The fourth-order valence-electron chi connectivity index (χ4n) is 7.09. The quantitative estimate of drug-likeness (QED) is 0.147. The van der Waals surface area contributed by atoms with Crippen molar-refractivity contribution in [1.29, 1.82) is 0 Å². The van der Waals surface area contributed by atoms with Crippen LogP contribution in [0.5, 0.6) is 5.75 Å².